The van der Waals surface area contributed by atoms with E-state index in [-0.39, 0.29) is 18.4 Å². The van der Waals surface area contributed by atoms with Gasteiger partial charge in [0, 0.05) is 30.3 Å². The molecule has 2 aliphatic rings. The number of nitrogens with one attached hydrogen (secondary N) is 1. The summed E-state index contributed by atoms with van der Waals surface area (Å²) in [5.74, 6) is -4.01. The number of likely N-dealkylation sites (N-methyl/N-ethyl adjacent to an activating group) is 1. The zero-order valence-corrected chi connectivity index (χ0v) is 13.5. The molecule has 1 aromatic carbocycles. The van der Waals surface area contributed by atoms with Crippen molar-refractivity contribution in [3.63, 3.8) is 0 Å². The molecule has 2 aliphatic carbocycles. The molecule has 1 atom stereocenters. The average molecular weight is 334 g/mol. The van der Waals surface area contributed by atoms with E-state index in [1.807, 2.05) is 0 Å². The van der Waals surface area contributed by atoms with E-state index in [0.717, 1.165) is 6.42 Å². The highest BCUT2D eigenvalue weighted by Crippen LogP contribution is 2.75. The van der Waals surface area contributed by atoms with Crippen molar-refractivity contribution in [2.24, 2.45) is 11.3 Å². The summed E-state index contributed by atoms with van der Waals surface area (Å²) < 4.78 is 27.6. The number of hydrogen-bond donors (Lipinski definition) is 1. The maximum Gasteiger partial charge on any atom is 0.259 e. The number of hydrogen-bond acceptors (Lipinski definition) is 2. The third-order valence-corrected chi connectivity index (χ3v) is 5.42. The Bertz CT molecular complexity index is 681. The van der Waals surface area contributed by atoms with Gasteiger partial charge in [-0.05, 0) is 43.2 Å². The van der Waals surface area contributed by atoms with Crippen LogP contribution in [0.1, 0.15) is 29.6 Å². The second-order valence-electron chi connectivity index (χ2n) is 6.54. The molecule has 0 saturated heterocycles. The minimum Gasteiger partial charge on any atom is -0.352 e. The standard InChI is InChI=1S/C18H20F2N2O2/c1-3-15(23)22(2)13-7-5-12(6-8-13)16(24)21-11-14-17(9-4-10-17)18(14,19)20/h3,5-8,14H,1,4,9-11H2,2H3,(H,21,24). The van der Waals surface area contributed by atoms with Gasteiger partial charge in [-0.2, -0.15) is 0 Å². The van der Waals surface area contributed by atoms with E-state index in [0.29, 0.717) is 24.1 Å². The van der Waals surface area contributed by atoms with Crippen molar-refractivity contribution < 1.29 is 18.4 Å². The Hall–Kier alpha value is -2.24. The Kier molecular flexibility index (Phi) is 3.94. The van der Waals surface area contributed by atoms with E-state index in [2.05, 4.69) is 11.9 Å². The van der Waals surface area contributed by atoms with Crippen molar-refractivity contribution in [3.05, 3.63) is 42.5 Å². The SMILES string of the molecule is C=CC(=O)N(C)c1ccc(C(=O)NCC2C(F)(F)C23CCC3)cc1. The van der Waals surface area contributed by atoms with Crippen LogP contribution in [0, 0.1) is 11.3 Å². The fourth-order valence-electron chi connectivity index (χ4n) is 3.55. The molecule has 1 spiro atoms. The van der Waals surface area contributed by atoms with E-state index in [4.69, 9.17) is 0 Å². The predicted octanol–water partition coefficient (Wildman–Crippen LogP) is 3.00. The van der Waals surface area contributed by atoms with Crippen LogP contribution < -0.4 is 10.2 Å². The van der Waals surface area contributed by atoms with Crippen LogP contribution in [0.15, 0.2) is 36.9 Å². The van der Waals surface area contributed by atoms with E-state index in [1.165, 1.54) is 11.0 Å². The van der Waals surface area contributed by atoms with Gasteiger partial charge in [0.2, 0.25) is 5.91 Å². The second-order valence-corrected chi connectivity index (χ2v) is 6.54. The van der Waals surface area contributed by atoms with Crippen LogP contribution in [0.3, 0.4) is 0 Å². The van der Waals surface area contributed by atoms with Crippen molar-refractivity contribution in [1.29, 1.82) is 0 Å². The van der Waals surface area contributed by atoms with Crippen molar-refractivity contribution in [1.82, 2.24) is 5.32 Å². The molecule has 1 N–H and O–H groups in total. The smallest absolute Gasteiger partial charge is 0.259 e. The van der Waals surface area contributed by atoms with Crippen LogP contribution in [0.4, 0.5) is 14.5 Å². The van der Waals surface area contributed by atoms with Crippen molar-refractivity contribution >= 4 is 17.5 Å². The Morgan fingerprint density at radius 2 is 1.96 bits per heavy atom. The lowest BCUT2D eigenvalue weighted by molar-refractivity contribution is -0.113. The molecule has 1 aromatic rings. The van der Waals surface area contributed by atoms with Gasteiger partial charge in [0.1, 0.15) is 0 Å². The zero-order chi connectivity index (χ0) is 17.5. The molecular formula is C18H20F2N2O2. The number of carbonyl (C=O) groups excluding carboxylic acids is 2. The summed E-state index contributed by atoms with van der Waals surface area (Å²) in [4.78, 5) is 25.1. The first-order valence-electron chi connectivity index (χ1n) is 8.00. The van der Waals surface area contributed by atoms with E-state index in [1.54, 1.807) is 31.3 Å². The number of halogens is 2. The van der Waals surface area contributed by atoms with Gasteiger partial charge in [0.05, 0.1) is 5.92 Å². The maximum absolute atomic E-state index is 13.8. The fourth-order valence-corrected chi connectivity index (χ4v) is 3.55. The maximum atomic E-state index is 13.8. The molecule has 0 bridgehead atoms. The van der Waals surface area contributed by atoms with Crippen LogP contribution in [0.25, 0.3) is 0 Å². The van der Waals surface area contributed by atoms with Crippen LogP contribution in [-0.4, -0.2) is 31.3 Å². The molecule has 3 rings (SSSR count). The summed E-state index contributed by atoms with van der Waals surface area (Å²) in [5.41, 5.74) is 0.154. The number of nitrogens with zero attached hydrogens (tertiary/aromatic N) is 1. The average Bonchev–Trinajstić information content (AvgIpc) is 3.07. The van der Waals surface area contributed by atoms with Gasteiger partial charge >= 0.3 is 0 Å². The fraction of sp³-hybridized carbons (Fsp3) is 0.444. The van der Waals surface area contributed by atoms with Gasteiger partial charge in [-0.1, -0.05) is 13.0 Å². The molecule has 24 heavy (non-hydrogen) atoms. The van der Waals surface area contributed by atoms with Gasteiger partial charge in [-0.15, -0.1) is 0 Å². The Morgan fingerprint density at radius 3 is 2.42 bits per heavy atom. The first-order valence-corrected chi connectivity index (χ1v) is 8.00. The lowest BCUT2D eigenvalue weighted by Crippen LogP contribution is -2.28. The van der Waals surface area contributed by atoms with Crippen LogP contribution in [-0.2, 0) is 4.79 Å². The van der Waals surface area contributed by atoms with E-state index in [9.17, 15) is 18.4 Å². The highest BCUT2D eigenvalue weighted by atomic mass is 19.3. The van der Waals surface area contributed by atoms with Crippen molar-refractivity contribution in [2.45, 2.75) is 25.2 Å². The zero-order valence-electron chi connectivity index (χ0n) is 13.5. The van der Waals surface area contributed by atoms with Gasteiger partial charge in [-0.25, -0.2) is 8.78 Å². The number of amides is 2. The Balaban J connectivity index is 1.58. The first-order chi connectivity index (χ1) is 11.3. The number of carbonyl (C=O) groups is 2. The third kappa shape index (κ3) is 2.41. The summed E-state index contributed by atoms with van der Waals surface area (Å²) in [6.07, 6.45) is 3.16. The Morgan fingerprint density at radius 1 is 1.33 bits per heavy atom. The summed E-state index contributed by atoms with van der Waals surface area (Å²) in [5, 5.41) is 2.61. The minimum atomic E-state index is -2.64. The van der Waals surface area contributed by atoms with Gasteiger partial charge < -0.3 is 10.2 Å². The van der Waals surface area contributed by atoms with Gasteiger partial charge in [0.15, 0.2) is 0 Å². The molecule has 0 radical (unpaired) electrons. The number of anilines is 1. The molecular weight excluding hydrogens is 314 g/mol. The topological polar surface area (TPSA) is 49.4 Å². The number of benzene rings is 1. The molecule has 0 aliphatic heterocycles. The molecule has 2 amide bonds. The molecule has 1 unspecified atom stereocenters. The van der Waals surface area contributed by atoms with E-state index < -0.39 is 17.3 Å². The van der Waals surface area contributed by atoms with Crippen LogP contribution in [0.2, 0.25) is 0 Å². The molecule has 4 nitrogen and oxygen atoms in total. The highest BCUT2D eigenvalue weighted by molar-refractivity contribution is 6.01. The molecule has 6 heteroatoms. The van der Waals surface area contributed by atoms with E-state index >= 15 is 0 Å². The Labute approximate surface area is 139 Å². The van der Waals surface area contributed by atoms with Crippen molar-refractivity contribution in [3.8, 4) is 0 Å². The normalized spacial score (nSPS) is 22.4. The summed E-state index contributed by atoms with van der Waals surface area (Å²) in [6, 6.07) is 6.41. The van der Waals surface area contributed by atoms with Crippen molar-refractivity contribution in [2.75, 3.05) is 18.5 Å². The number of alkyl halides is 2. The lowest BCUT2D eigenvalue weighted by atomic mass is 9.79. The largest absolute Gasteiger partial charge is 0.352 e. The first kappa shape index (κ1) is 16.6. The van der Waals surface area contributed by atoms with Gasteiger partial charge in [0.25, 0.3) is 11.8 Å². The number of rotatable bonds is 5. The van der Waals surface area contributed by atoms with Gasteiger partial charge in [-0.3, -0.25) is 9.59 Å². The molecule has 2 fully saturated rings. The van der Waals surface area contributed by atoms with Crippen LogP contribution in [0.5, 0.6) is 0 Å². The minimum absolute atomic E-state index is 0.00242. The highest BCUT2D eigenvalue weighted by Gasteiger charge is 2.81. The van der Waals surface area contributed by atoms with Crippen LogP contribution >= 0.6 is 0 Å². The lowest BCUT2D eigenvalue weighted by Gasteiger charge is -2.26. The summed E-state index contributed by atoms with van der Waals surface area (Å²) in [7, 11) is 1.60. The summed E-state index contributed by atoms with van der Waals surface area (Å²) in [6.45, 7) is 3.42. The second kappa shape index (κ2) is 5.69. The monoisotopic (exact) mass is 334 g/mol. The quantitative estimate of drug-likeness (QED) is 0.842. The predicted molar refractivity (Wildman–Crippen MR) is 87.1 cm³/mol. The molecule has 0 aromatic heterocycles. The third-order valence-electron chi connectivity index (χ3n) is 5.42. The molecule has 128 valence electrons. The summed E-state index contributed by atoms with van der Waals surface area (Å²) >= 11 is 0. The molecule has 0 heterocycles. The molecule has 2 saturated carbocycles.